The fraction of sp³-hybridized carbons (Fsp3) is 0.500. The molecule has 3 heteroatoms. The average molecular weight is 209 g/mol. The molecule has 0 aliphatic rings. The number of ether oxygens (including phenoxy) is 1. The average Bonchev–Trinajstić information content (AvgIpc) is 2.16. The standard InChI is InChI=1S/C12H19NO2/c1-8(12(2,3)13)9-6-5-7-10(15-4)11(9)14/h5-8,14H,13H2,1-4H3. The van der Waals surface area contributed by atoms with Crippen LogP contribution in [0.25, 0.3) is 0 Å². The van der Waals surface area contributed by atoms with Gasteiger partial charge in [0.1, 0.15) is 0 Å². The summed E-state index contributed by atoms with van der Waals surface area (Å²) in [7, 11) is 1.54. The summed E-state index contributed by atoms with van der Waals surface area (Å²) >= 11 is 0. The zero-order valence-electron chi connectivity index (χ0n) is 9.74. The van der Waals surface area contributed by atoms with Gasteiger partial charge < -0.3 is 15.6 Å². The van der Waals surface area contributed by atoms with Crippen LogP contribution in [0, 0.1) is 0 Å². The Balaban J connectivity index is 3.15. The number of hydrogen-bond donors (Lipinski definition) is 2. The predicted octanol–water partition coefficient (Wildman–Crippen LogP) is 2.24. The van der Waals surface area contributed by atoms with E-state index < -0.39 is 0 Å². The monoisotopic (exact) mass is 209 g/mol. The first-order valence-electron chi connectivity index (χ1n) is 5.02. The molecule has 0 fully saturated rings. The van der Waals surface area contributed by atoms with Crippen molar-refractivity contribution in [3.05, 3.63) is 23.8 Å². The highest BCUT2D eigenvalue weighted by molar-refractivity contribution is 5.47. The van der Waals surface area contributed by atoms with E-state index in [4.69, 9.17) is 10.5 Å². The lowest BCUT2D eigenvalue weighted by atomic mass is 9.84. The maximum absolute atomic E-state index is 9.94. The predicted molar refractivity (Wildman–Crippen MR) is 61.3 cm³/mol. The molecule has 0 bridgehead atoms. The maximum atomic E-state index is 9.94. The molecule has 3 N–H and O–H groups in total. The van der Waals surface area contributed by atoms with Crippen molar-refractivity contribution in [1.82, 2.24) is 0 Å². The van der Waals surface area contributed by atoms with Gasteiger partial charge in [-0.3, -0.25) is 0 Å². The van der Waals surface area contributed by atoms with E-state index in [1.807, 2.05) is 32.9 Å². The van der Waals surface area contributed by atoms with Gasteiger partial charge in [0, 0.05) is 17.0 Å². The molecule has 0 aliphatic carbocycles. The number of benzene rings is 1. The molecule has 84 valence electrons. The highest BCUT2D eigenvalue weighted by atomic mass is 16.5. The largest absolute Gasteiger partial charge is 0.504 e. The summed E-state index contributed by atoms with van der Waals surface area (Å²) in [4.78, 5) is 0. The number of nitrogens with two attached hydrogens (primary N) is 1. The SMILES string of the molecule is COc1cccc(C(C)C(C)(C)N)c1O. The Morgan fingerprint density at radius 3 is 2.47 bits per heavy atom. The molecule has 1 rings (SSSR count). The van der Waals surface area contributed by atoms with Gasteiger partial charge in [-0.1, -0.05) is 19.1 Å². The Kier molecular flexibility index (Phi) is 3.25. The van der Waals surface area contributed by atoms with Gasteiger partial charge in [0.2, 0.25) is 0 Å². The summed E-state index contributed by atoms with van der Waals surface area (Å²) < 4.78 is 5.06. The van der Waals surface area contributed by atoms with E-state index in [1.54, 1.807) is 6.07 Å². The van der Waals surface area contributed by atoms with Crippen LogP contribution in [0.4, 0.5) is 0 Å². The molecule has 0 saturated heterocycles. The molecule has 1 aromatic rings. The van der Waals surface area contributed by atoms with Crippen LogP contribution in [0.15, 0.2) is 18.2 Å². The Hall–Kier alpha value is -1.22. The number of rotatable bonds is 3. The van der Waals surface area contributed by atoms with Crippen molar-refractivity contribution in [3.63, 3.8) is 0 Å². The molecule has 0 spiro atoms. The van der Waals surface area contributed by atoms with Crippen molar-refractivity contribution >= 4 is 0 Å². The van der Waals surface area contributed by atoms with Crippen LogP contribution < -0.4 is 10.5 Å². The molecule has 1 atom stereocenters. The lowest BCUT2D eigenvalue weighted by Gasteiger charge is -2.28. The van der Waals surface area contributed by atoms with Crippen LogP contribution in [-0.4, -0.2) is 17.8 Å². The molecule has 3 nitrogen and oxygen atoms in total. The van der Waals surface area contributed by atoms with Gasteiger partial charge in [-0.25, -0.2) is 0 Å². The zero-order chi connectivity index (χ0) is 11.6. The first kappa shape index (κ1) is 11.9. The number of hydrogen-bond acceptors (Lipinski definition) is 3. The van der Waals surface area contributed by atoms with Gasteiger partial charge in [-0.05, 0) is 19.9 Å². The Labute approximate surface area is 90.9 Å². The third kappa shape index (κ3) is 2.42. The summed E-state index contributed by atoms with van der Waals surface area (Å²) in [6.45, 7) is 5.88. The molecule has 0 aliphatic heterocycles. The number of phenolic OH excluding ortho intramolecular Hbond substituents is 1. The minimum Gasteiger partial charge on any atom is -0.504 e. The fourth-order valence-corrected chi connectivity index (χ4v) is 1.45. The lowest BCUT2D eigenvalue weighted by molar-refractivity contribution is 0.359. The Bertz CT molecular complexity index is 342. The molecule has 15 heavy (non-hydrogen) atoms. The summed E-state index contributed by atoms with van der Waals surface area (Å²) in [5.41, 5.74) is 6.47. The van der Waals surface area contributed by atoms with E-state index in [0.717, 1.165) is 5.56 Å². The molecular formula is C12H19NO2. The van der Waals surface area contributed by atoms with Crippen molar-refractivity contribution in [3.8, 4) is 11.5 Å². The third-order valence-electron chi connectivity index (χ3n) is 2.83. The van der Waals surface area contributed by atoms with Gasteiger partial charge in [0.05, 0.1) is 7.11 Å². The van der Waals surface area contributed by atoms with E-state index in [2.05, 4.69) is 0 Å². The second-order valence-corrected chi connectivity index (χ2v) is 4.44. The second kappa shape index (κ2) is 4.11. The molecular weight excluding hydrogens is 190 g/mol. The minimum absolute atomic E-state index is 0.0626. The van der Waals surface area contributed by atoms with Gasteiger partial charge in [-0.2, -0.15) is 0 Å². The van der Waals surface area contributed by atoms with Crippen LogP contribution in [0.2, 0.25) is 0 Å². The minimum atomic E-state index is -0.371. The topological polar surface area (TPSA) is 55.5 Å². The van der Waals surface area contributed by atoms with E-state index in [1.165, 1.54) is 7.11 Å². The van der Waals surface area contributed by atoms with Crippen LogP contribution in [0.1, 0.15) is 32.3 Å². The van der Waals surface area contributed by atoms with Gasteiger partial charge in [0.15, 0.2) is 11.5 Å². The smallest absolute Gasteiger partial charge is 0.161 e. The zero-order valence-corrected chi connectivity index (χ0v) is 9.74. The van der Waals surface area contributed by atoms with E-state index in [0.29, 0.717) is 5.75 Å². The number of methoxy groups -OCH3 is 1. The first-order valence-corrected chi connectivity index (χ1v) is 5.02. The van der Waals surface area contributed by atoms with Crippen LogP contribution >= 0.6 is 0 Å². The third-order valence-corrected chi connectivity index (χ3v) is 2.83. The van der Waals surface area contributed by atoms with Gasteiger partial charge >= 0.3 is 0 Å². The van der Waals surface area contributed by atoms with E-state index in [9.17, 15) is 5.11 Å². The van der Waals surface area contributed by atoms with Crippen molar-refractivity contribution in [2.24, 2.45) is 5.73 Å². The van der Waals surface area contributed by atoms with E-state index >= 15 is 0 Å². The molecule has 1 aromatic carbocycles. The molecule has 0 radical (unpaired) electrons. The summed E-state index contributed by atoms with van der Waals surface area (Å²) in [6, 6.07) is 5.46. The van der Waals surface area contributed by atoms with Crippen molar-refractivity contribution in [2.75, 3.05) is 7.11 Å². The van der Waals surface area contributed by atoms with Crippen molar-refractivity contribution in [1.29, 1.82) is 0 Å². The molecule has 0 saturated carbocycles. The fourth-order valence-electron chi connectivity index (χ4n) is 1.45. The molecule has 0 amide bonds. The van der Waals surface area contributed by atoms with Crippen LogP contribution in [0.3, 0.4) is 0 Å². The van der Waals surface area contributed by atoms with Crippen molar-refractivity contribution < 1.29 is 9.84 Å². The Morgan fingerprint density at radius 1 is 1.40 bits per heavy atom. The summed E-state index contributed by atoms with van der Waals surface area (Å²) in [5, 5.41) is 9.94. The number of para-hydroxylation sites is 1. The van der Waals surface area contributed by atoms with Crippen LogP contribution in [-0.2, 0) is 0 Å². The van der Waals surface area contributed by atoms with E-state index in [-0.39, 0.29) is 17.2 Å². The van der Waals surface area contributed by atoms with Crippen LogP contribution in [0.5, 0.6) is 11.5 Å². The summed E-state index contributed by atoms with van der Waals surface area (Å²) in [5.74, 6) is 0.738. The Morgan fingerprint density at radius 2 is 2.00 bits per heavy atom. The normalized spacial score (nSPS) is 13.7. The molecule has 0 aromatic heterocycles. The maximum Gasteiger partial charge on any atom is 0.161 e. The number of aromatic hydroxyl groups is 1. The quantitative estimate of drug-likeness (QED) is 0.802. The van der Waals surface area contributed by atoms with Crippen molar-refractivity contribution in [2.45, 2.75) is 32.2 Å². The summed E-state index contributed by atoms with van der Waals surface area (Å²) in [6.07, 6.45) is 0. The van der Waals surface area contributed by atoms with Gasteiger partial charge in [0.25, 0.3) is 0 Å². The highest BCUT2D eigenvalue weighted by Gasteiger charge is 2.25. The number of phenols is 1. The second-order valence-electron chi connectivity index (χ2n) is 4.44. The molecule has 0 heterocycles. The highest BCUT2D eigenvalue weighted by Crippen LogP contribution is 2.37. The molecule has 1 unspecified atom stereocenters. The lowest BCUT2D eigenvalue weighted by Crippen LogP contribution is -2.37. The first-order chi connectivity index (χ1) is 6.88. The van der Waals surface area contributed by atoms with Gasteiger partial charge in [-0.15, -0.1) is 0 Å².